The maximum atomic E-state index is 4.59. The fraction of sp³-hybridized carbons (Fsp3) is 0.533. The quantitative estimate of drug-likeness (QED) is 0.293. The van der Waals surface area contributed by atoms with E-state index in [1.165, 1.54) is 55.0 Å². The fourth-order valence-corrected chi connectivity index (χ4v) is 11.2. The largest absolute Gasteiger partial charge is 0.264 e. The average Bonchev–Trinajstić information content (AvgIpc) is 3.32. The minimum Gasteiger partial charge on any atom is -0.264 e. The van der Waals surface area contributed by atoms with E-state index in [2.05, 4.69) is 96.9 Å². The molecule has 0 N–H and O–H groups in total. The molecule has 3 unspecified atom stereocenters. The van der Waals surface area contributed by atoms with E-state index in [0.29, 0.717) is 5.54 Å². The Morgan fingerprint density at radius 3 is 1.86 bits per heavy atom. The second-order valence-corrected chi connectivity index (χ2v) is 19.6. The second kappa shape index (κ2) is 8.71. The van der Waals surface area contributed by atoms with Gasteiger partial charge in [0.25, 0.3) is 0 Å². The van der Waals surface area contributed by atoms with E-state index in [0.717, 1.165) is 23.7 Å². The lowest BCUT2D eigenvalue weighted by Gasteiger charge is -2.63. The van der Waals surface area contributed by atoms with Crippen LogP contribution in [0.2, 0.25) is 25.2 Å². The molecule has 0 aliphatic heterocycles. The van der Waals surface area contributed by atoms with Gasteiger partial charge in [0.15, 0.2) is 0 Å². The zero-order valence-electron chi connectivity index (χ0n) is 21.5. The predicted molar refractivity (Wildman–Crippen MR) is 156 cm³/mol. The molecule has 0 spiro atoms. The summed E-state index contributed by atoms with van der Waals surface area (Å²) >= 11 is 0. The molecule has 5 aliphatic carbocycles. The van der Waals surface area contributed by atoms with Gasteiger partial charge in [-0.2, -0.15) is 0 Å². The van der Waals surface area contributed by atoms with Gasteiger partial charge < -0.3 is 0 Å². The molecule has 0 amide bonds. The molecule has 3 atom stereocenters. The first-order valence-corrected chi connectivity index (χ1v) is 18.5. The molecule has 2 nitrogen and oxygen atoms in total. The molecule has 5 heteroatoms. The molecule has 5 aliphatic rings. The smallest absolute Gasteiger partial charge is 0.0621 e. The molecule has 0 aromatic carbocycles. The lowest BCUT2D eigenvalue weighted by molar-refractivity contribution is -0.0735. The van der Waals surface area contributed by atoms with Gasteiger partial charge in [-0.05, 0) is 102 Å². The summed E-state index contributed by atoms with van der Waals surface area (Å²) in [5.74, 6) is 3.59. The van der Waals surface area contributed by atoms with Crippen LogP contribution in [0, 0.1) is 29.1 Å². The number of pyridine rings is 2. The third-order valence-corrected chi connectivity index (χ3v) is 14.1. The number of aromatic nitrogens is 2. The normalized spacial score (nSPS) is 34.1. The molecule has 4 fully saturated rings. The minimum absolute atomic E-state index is 0.282. The Balaban J connectivity index is 1.57. The first-order chi connectivity index (χ1) is 16.8. The Morgan fingerprint density at radius 2 is 1.43 bits per heavy atom. The van der Waals surface area contributed by atoms with Crippen LogP contribution in [0.15, 0.2) is 72.4 Å². The van der Waals surface area contributed by atoms with Gasteiger partial charge >= 0.3 is 0 Å². The summed E-state index contributed by atoms with van der Waals surface area (Å²) < 4.78 is 0. The third kappa shape index (κ3) is 3.71. The lowest BCUT2D eigenvalue weighted by Crippen LogP contribution is -2.55. The Labute approximate surface area is 217 Å². The Morgan fingerprint density at radius 1 is 0.886 bits per heavy atom. The zero-order chi connectivity index (χ0) is 24.4. The molecule has 184 valence electrons. The van der Waals surface area contributed by atoms with Crippen LogP contribution < -0.4 is 0 Å². The third-order valence-electron chi connectivity index (χ3n) is 10.1. The molecule has 2 heterocycles. The molecule has 0 radical (unpaired) electrons. The topological polar surface area (TPSA) is 25.8 Å². The second-order valence-electron chi connectivity index (χ2n) is 12.9. The first-order valence-electron chi connectivity index (χ1n) is 13.5. The maximum Gasteiger partial charge on any atom is 0.0621 e. The summed E-state index contributed by atoms with van der Waals surface area (Å²) in [4.78, 5) is 9.18. The summed E-state index contributed by atoms with van der Waals surface area (Å²) in [6, 6.07) is 8.70. The van der Waals surface area contributed by atoms with Crippen molar-refractivity contribution in [3.05, 3.63) is 83.5 Å². The van der Waals surface area contributed by atoms with E-state index >= 15 is 0 Å². The lowest BCUT2D eigenvalue weighted by atomic mass is 9.43. The van der Waals surface area contributed by atoms with Crippen molar-refractivity contribution in [3.8, 4) is 0 Å². The van der Waals surface area contributed by atoms with Crippen LogP contribution in [0.5, 0.6) is 0 Å². The van der Waals surface area contributed by atoms with E-state index < -0.39 is 8.07 Å². The van der Waals surface area contributed by atoms with Crippen LogP contribution in [0.3, 0.4) is 0 Å². The van der Waals surface area contributed by atoms with Gasteiger partial charge in [0.1, 0.15) is 0 Å². The van der Waals surface area contributed by atoms with E-state index in [1.54, 1.807) is 5.57 Å². The number of nitrogens with zero attached hydrogens (tertiary/aromatic N) is 2. The highest BCUT2D eigenvalue weighted by atomic mass is 31.0. The average molecular weight is 519 g/mol. The molecule has 2 aromatic rings. The van der Waals surface area contributed by atoms with Crippen molar-refractivity contribution in [2.75, 3.05) is 6.16 Å². The van der Waals surface area contributed by atoms with Crippen molar-refractivity contribution in [2.45, 2.75) is 62.4 Å². The molecule has 4 bridgehead atoms. The number of hydrogen-bond acceptors (Lipinski definition) is 2. The Hall–Kier alpha value is -1.14. The molecule has 2 aromatic heterocycles. The van der Waals surface area contributed by atoms with Crippen molar-refractivity contribution in [1.82, 2.24) is 9.97 Å². The van der Waals surface area contributed by atoms with Gasteiger partial charge in [-0.25, -0.2) is 0 Å². The molecule has 7 rings (SSSR count). The molecule has 4 saturated carbocycles. The summed E-state index contributed by atoms with van der Waals surface area (Å²) in [5, 5.41) is -0.343. The van der Waals surface area contributed by atoms with Crippen LogP contribution in [0.25, 0.3) is 0 Å². The zero-order valence-corrected chi connectivity index (χ0v) is 24.8. The Kier molecular flexibility index (Phi) is 6.03. The van der Waals surface area contributed by atoms with Crippen LogP contribution >= 0.6 is 18.5 Å². The number of allylic oxidation sites excluding steroid dienone is 4. The van der Waals surface area contributed by atoms with Gasteiger partial charge in [-0.3, -0.25) is 9.97 Å². The monoisotopic (exact) mass is 518 g/mol. The maximum absolute atomic E-state index is 4.59. The number of rotatable bonds is 6. The van der Waals surface area contributed by atoms with Crippen molar-refractivity contribution in [1.29, 1.82) is 0 Å². The highest BCUT2D eigenvalue weighted by molar-refractivity contribution is 7.19. The minimum atomic E-state index is -1.44. The summed E-state index contributed by atoms with van der Waals surface area (Å²) in [5.41, 5.74) is 6.53. The van der Waals surface area contributed by atoms with Crippen LogP contribution in [0.4, 0.5) is 0 Å². The van der Waals surface area contributed by atoms with E-state index in [4.69, 9.17) is 0 Å². The van der Waals surface area contributed by atoms with E-state index in [1.807, 2.05) is 12.4 Å². The van der Waals surface area contributed by atoms with Crippen LogP contribution in [-0.4, -0.2) is 24.2 Å². The summed E-state index contributed by atoms with van der Waals surface area (Å²) in [7, 11) is 5.11. The number of hydrogen-bond donors (Lipinski definition) is 0. The van der Waals surface area contributed by atoms with Gasteiger partial charge in [-0.15, -0.1) is 18.5 Å². The molecule has 0 saturated heterocycles. The van der Waals surface area contributed by atoms with Crippen molar-refractivity contribution in [3.63, 3.8) is 0 Å². The fourth-order valence-electron chi connectivity index (χ4n) is 8.41. The predicted octanol–water partition coefficient (Wildman–Crippen LogP) is 7.49. The standard InChI is InChI=1S/C30H40N2P2Si/c1-35(2,3)26-15-27(29(19-33)24-11-20-10-21(13-24)14-25(29)12-20)28(16-26)30(34,22-6-4-8-31-17-22)23-7-5-9-32-18-23/h4-9,15-18,20-21,24-26H,10-14,19,33-34H2,1-3H3. The highest BCUT2D eigenvalue weighted by Gasteiger charge is 2.60. The summed E-state index contributed by atoms with van der Waals surface area (Å²) in [6.45, 7) is 7.61. The Bertz CT molecular complexity index is 1080. The highest BCUT2D eigenvalue weighted by Crippen LogP contribution is 2.69. The van der Waals surface area contributed by atoms with Gasteiger partial charge in [-0.1, -0.05) is 43.9 Å². The van der Waals surface area contributed by atoms with Gasteiger partial charge in [0.2, 0.25) is 0 Å². The first kappa shape index (κ1) is 24.2. The summed E-state index contributed by atoms with van der Waals surface area (Å²) in [6.07, 6.45) is 21.8. The van der Waals surface area contributed by atoms with Crippen LogP contribution in [0.1, 0.15) is 43.2 Å². The molecular formula is C30H40N2P2Si. The van der Waals surface area contributed by atoms with E-state index in [9.17, 15) is 0 Å². The van der Waals surface area contributed by atoms with Crippen molar-refractivity contribution in [2.24, 2.45) is 29.1 Å². The van der Waals surface area contributed by atoms with Crippen LogP contribution in [-0.2, 0) is 5.16 Å². The van der Waals surface area contributed by atoms with Gasteiger partial charge in [0.05, 0.1) is 13.2 Å². The molecular weight excluding hydrogens is 478 g/mol. The van der Waals surface area contributed by atoms with E-state index in [-0.39, 0.29) is 10.6 Å². The van der Waals surface area contributed by atoms with Crippen molar-refractivity contribution >= 4 is 26.6 Å². The SMILES string of the molecule is C[Si](C)(C)C1C=C(C(P)(c2cccnc2)c2cccnc2)C(C2(CP)C3CC4CC(C3)CC2C4)=C1. The van der Waals surface area contributed by atoms with Crippen molar-refractivity contribution < 1.29 is 0 Å². The molecule has 35 heavy (non-hydrogen) atoms. The van der Waals surface area contributed by atoms with Gasteiger partial charge in [0, 0.05) is 30.2 Å².